The lowest BCUT2D eigenvalue weighted by Crippen LogP contribution is -2.32. The molecule has 3 rings (SSSR count). The number of phenols is 1. The molecule has 0 aliphatic rings. The predicted molar refractivity (Wildman–Crippen MR) is 95.7 cm³/mol. The van der Waals surface area contributed by atoms with Crippen LogP contribution >= 0.6 is 0 Å². The van der Waals surface area contributed by atoms with Crippen molar-refractivity contribution in [2.24, 2.45) is 5.92 Å². The third-order valence-electron chi connectivity index (χ3n) is 4.12. The average molecular weight is 355 g/mol. The molecule has 3 aromatic rings. The summed E-state index contributed by atoms with van der Waals surface area (Å²) >= 11 is 0. The largest absolute Gasteiger partial charge is 0.505 e. The molecule has 1 atom stereocenters. The lowest BCUT2D eigenvalue weighted by atomic mass is 9.94. The average Bonchev–Trinajstić information content (AvgIpc) is 3.09. The molecule has 26 heavy (non-hydrogen) atoms. The Kier molecular flexibility index (Phi) is 5.18. The summed E-state index contributed by atoms with van der Waals surface area (Å²) in [5.74, 6) is 0.0607. The Balaban J connectivity index is 1.89. The fraction of sp³-hybridized carbons (Fsp3) is 0.316. The van der Waals surface area contributed by atoms with Gasteiger partial charge in [-0.3, -0.25) is 9.78 Å². The maximum absolute atomic E-state index is 12.6. The summed E-state index contributed by atoms with van der Waals surface area (Å²) in [6.45, 7) is 4.12. The van der Waals surface area contributed by atoms with E-state index in [1.54, 1.807) is 6.20 Å². The third-order valence-corrected chi connectivity index (χ3v) is 4.12. The van der Waals surface area contributed by atoms with Crippen molar-refractivity contribution in [3.8, 4) is 5.75 Å². The molecule has 0 aliphatic heterocycles. The van der Waals surface area contributed by atoms with Crippen LogP contribution in [0.2, 0.25) is 0 Å². The Morgan fingerprint density at radius 2 is 2.15 bits per heavy atom. The van der Waals surface area contributed by atoms with Crippen LogP contribution in [0.25, 0.3) is 10.9 Å². The van der Waals surface area contributed by atoms with E-state index in [0.29, 0.717) is 17.0 Å². The van der Waals surface area contributed by atoms with Crippen LogP contribution in [-0.2, 0) is 11.3 Å². The number of carbonyl (C=O) groups is 1. The molecule has 2 heterocycles. The van der Waals surface area contributed by atoms with Gasteiger partial charge in [-0.15, -0.1) is 0 Å². The number of aromatic hydroxyl groups is 1. The van der Waals surface area contributed by atoms with Gasteiger partial charge in [-0.2, -0.15) is 0 Å². The van der Waals surface area contributed by atoms with Gasteiger partial charge in [0, 0.05) is 24.3 Å². The van der Waals surface area contributed by atoms with Gasteiger partial charge in [-0.05, 0) is 12.0 Å². The van der Waals surface area contributed by atoms with Gasteiger partial charge in [0.2, 0.25) is 5.89 Å². The number of ether oxygens (including phenoxy) is 1. The van der Waals surface area contributed by atoms with E-state index >= 15 is 0 Å². The zero-order valence-electron chi connectivity index (χ0n) is 14.9. The first kappa shape index (κ1) is 17.9. The number of amides is 1. The summed E-state index contributed by atoms with van der Waals surface area (Å²) in [4.78, 5) is 20.9. The van der Waals surface area contributed by atoms with Crippen LogP contribution in [-0.4, -0.2) is 28.1 Å². The van der Waals surface area contributed by atoms with E-state index in [1.165, 1.54) is 13.4 Å². The Labute approximate surface area is 151 Å². The van der Waals surface area contributed by atoms with Gasteiger partial charge < -0.3 is 19.6 Å². The second kappa shape index (κ2) is 7.53. The Hall–Kier alpha value is -2.93. The molecular weight excluding hydrogens is 334 g/mol. The number of methoxy groups -OCH3 is 1. The minimum absolute atomic E-state index is 0.0383. The van der Waals surface area contributed by atoms with Crippen molar-refractivity contribution < 1.29 is 19.1 Å². The van der Waals surface area contributed by atoms with Crippen LogP contribution in [0.1, 0.15) is 41.8 Å². The van der Waals surface area contributed by atoms with Crippen LogP contribution < -0.4 is 5.32 Å². The highest BCUT2D eigenvalue weighted by molar-refractivity contribution is 5.92. The molecule has 0 radical (unpaired) electrons. The van der Waals surface area contributed by atoms with Crippen LogP contribution in [0.4, 0.5) is 0 Å². The summed E-state index contributed by atoms with van der Waals surface area (Å²) in [6, 6.07) is 6.97. The molecule has 7 nitrogen and oxygen atoms in total. The summed E-state index contributed by atoms with van der Waals surface area (Å²) in [5.41, 5.74) is 1.29. The summed E-state index contributed by atoms with van der Waals surface area (Å²) in [6.07, 6.45) is 2.92. The van der Waals surface area contributed by atoms with Crippen molar-refractivity contribution in [3.63, 3.8) is 0 Å². The number of hydrogen-bond acceptors (Lipinski definition) is 6. The minimum atomic E-state index is -0.406. The summed E-state index contributed by atoms with van der Waals surface area (Å²) in [5, 5.41) is 14.4. The monoisotopic (exact) mass is 355 g/mol. The van der Waals surface area contributed by atoms with Crippen molar-refractivity contribution in [1.29, 1.82) is 0 Å². The SMILES string of the molecule is COCc1nc(C(=O)NC(c2ccc3cccnc3c2O)C(C)C)co1. The highest BCUT2D eigenvalue weighted by atomic mass is 16.5. The number of phenolic OH excluding ortho intramolecular Hbond substituents is 1. The highest BCUT2D eigenvalue weighted by Crippen LogP contribution is 2.34. The van der Waals surface area contributed by atoms with E-state index in [1.807, 2.05) is 38.1 Å². The van der Waals surface area contributed by atoms with Gasteiger partial charge in [0.15, 0.2) is 5.69 Å². The number of fused-ring (bicyclic) bond motifs is 1. The second-order valence-electron chi connectivity index (χ2n) is 6.33. The first-order chi connectivity index (χ1) is 12.5. The van der Waals surface area contributed by atoms with E-state index in [9.17, 15) is 9.90 Å². The van der Waals surface area contributed by atoms with Crippen LogP contribution in [0, 0.1) is 5.92 Å². The lowest BCUT2D eigenvalue weighted by Gasteiger charge is -2.23. The van der Waals surface area contributed by atoms with Crippen molar-refractivity contribution in [2.45, 2.75) is 26.5 Å². The maximum atomic E-state index is 12.6. The summed E-state index contributed by atoms with van der Waals surface area (Å²) < 4.78 is 10.1. The van der Waals surface area contributed by atoms with Crippen LogP contribution in [0.5, 0.6) is 5.75 Å². The number of oxazole rings is 1. The number of nitrogens with zero attached hydrogens (tertiary/aromatic N) is 2. The molecule has 1 unspecified atom stereocenters. The Bertz CT molecular complexity index is 920. The van der Waals surface area contributed by atoms with Crippen molar-refractivity contribution >= 4 is 16.8 Å². The third kappa shape index (κ3) is 3.52. The van der Waals surface area contributed by atoms with Gasteiger partial charge in [-0.25, -0.2) is 4.98 Å². The molecule has 2 N–H and O–H groups in total. The number of hydrogen-bond donors (Lipinski definition) is 2. The number of nitrogens with one attached hydrogen (secondary N) is 1. The molecular formula is C19H21N3O4. The smallest absolute Gasteiger partial charge is 0.273 e. The van der Waals surface area contributed by atoms with Gasteiger partial charge in [0.1, 0.15) is 24.1 Å². The molecule has 0 spiro atoms. The van der Waals surface area contributed by atoms with Gasteiger partial charge in [0.05, 0.1) is 6.04 Å². The fourth-order valence-electron chi connectivity index (χ4n) is 2.82. The number of carbonyl (C=O) groups excluding carboxylic acids is 1. The van der Waals surface area contributed by atoms with Gasteiger partial charge >= 0.3 is 0 Å². The second-order valence-corrected chi connectivity index (χ2v) is 6.33. The number of aromatic nitrogens is 2. The van der Waals surface area contributed by atoms with Crippen molar-refractivity contribution in [1.82, 2.24) is 15.3 Å². The molecule has 0 saturated heterocycles. The Morgan fingerprint density at radius 3 is 2.88 bits per heavy atom. The predicted octanol–water partition coefficient (Wildman–Crippen LogP) is 3.20. The number of benzene rings is 1. The quantitative estimate of drug-likeness (QED) is 0.705. The van der Waals surface area contributed by atoms with E-state index in [4.69, 9.17) is 9.15 Å². The maximum Gasteiger partial charge on any atom is 0.273 e. The molecule has 1 aromatic carbocycles. The molecule has 0 aliphatic carbocycles. The molecule has 0 saturated carbocycles. The molecule has 2 aromatic heterocycles. The standard InChI is InChI=1S/C19H21N3O4/c1-11(2)16(22-19(24)14-9-26-15(21-14)10-25-3)13-7-6-12-5-4-8-20-17(12)18(13)23/h4-9,11,16,23H,10H2,1-3H3,(H,22,24). The lowest BCUT2D eigenvalue weighted by molar-refractivity contribution is 0.0920. The van der Waals surface area contributed by atoms with Gasteiger partial charge in [0.25, 0.3) is 5.91 Å². The fourth-order valence-corrected chi connectivity index (χ4v) is 2.82. The van der Waals surface area contributed by atoms with E-state index in [0.717, 1.165) is 5.39 Å². The molecule has 1 amide bonds. The van der Waals surface area contributed by atoms with E-state index < -0.39 is 6.04 Å². The van der Waals surface area contributed by atoms with Crippen LogP contribution in [0.15, 0.2) is 41.1 Å². The van der Waals surface area contributed by atoms with Crippen molar-refractivity contribution in [3.05, 3.63) is 53.9 Å². The van der Waals surface area contributed by atoms with E-state index in [-0.39, 0.29) is 29.9 Å². The molecule has 136 valence electrons. The normalized spacial score (nSPS) is 12.5. The highest BCUT2D eigenvalue weighted by Gasteiger charge is 2.24. The first-order valence-corrected chi connectivity index (χ1v) is 8.32. The number of pyridine rings is 1. The van der Waals surface area contributed by atoms with E-state index in [2.05, 4.69) is 15.3 Å². The number of rotatable bonds is 6. The topological polar surface area (TPSA) is 97.5 Å². The zero-order chi connectivity index (χ0) is 18.7. The molecule has 0 fully saturated rings. The molecule has 0 bridgehead atoms. The van der Waals surface area contributed by atoms with Gasteiger partial charge in [-0.1, -0.05) is 32.0 Å². The zero-order valence-corrected chi connectivity index (χ0v) is 14.9. The first-order valence-electron chi connectivity index (χ1n) is 8.32. The van der Waals surface area contributed by atoms with Crippen LogP contribution in [0.3, 0.4) is 0 Å². The Morgan fingerprint density at radius 1 is 1.35 bits per heavy atom. The van der Waals surface area contributed by atoms with Crippen molar-refractivity contribution in [2.75, 3.05) is 7.11 Å². The molecule has 7 heteroatoms. The summed E-state index contributed by atoms with van der Waals surface area (Å²) in [7, 11) is 1.52. The minimum Gasteiger partial charge on any atom is -0.505 e.